The molecule has 0 spiro atoms. The van der Waals surface area contributed by atoms with Gasteiger partial charge in [-0.3, -0.25) is 14.9 Å². The van der Waals surface area contributed by atoms with Crippen LogP contribution in [0.4, 0.5) is 10.1 Å². The van der Waals surface area contributed by atoms with Crippen LogP contribution in [0.3, 0.4) is 0 Å². The number of non-ortho nitro benzene ring substituents is 1. The number of carbonyl (C=O) groups excluding carboxylic acids is 2. The summed E-state index contributed by atoms with van der Waals surface area (Å²) in [4.78, 5) is 35.0. The number of nitrogens with zero attached hydrogens (tertiary/aromatic N) is 2. The minimum atomic E-state index is -0.804. The van der Waals surface area contributed by atoms with Crippen molar-refractivity contribution >= 4 is 17.4 Å². The number of esters is 1. The third kappa shape index (κ3) is 5.22. The van der Waals surface area contributed by atoms with Crippen LogP contribution in [0.2, 0.25) is 0 Å². The summed E-state index contributed by atoms with van der Waals surface area (Å²) in [7, 11) is 0. The molecule has 3 aromatic rings. The molecule has 0 saturated heterocycles. The van der Waals surface area contributed by atoms with Crippen LogP contribution in [0.25, 0.3) is 0 Å². The lowest BCUT2D eigenvalue weighted by molar-refractivity contribution is -0.384. The van der Waals surface area contributed by atoms with Crippen molar-refractivity contribution in [2.45, 2.75) is 26.8 Å². The van der Waals surface area contributed by atoms with Crippen molar-refractivity contribution in [2.24, 2.45) is 0 Å². The molecule has 2 aromatic carbocycles. The summed E-state index contributed by atoms with van der Waals surface area (Å²) in [6.07, 6.45) is 0.673. The largest absolute Gasteiger partial charge is 0.454 e. The minimum absolute atomic E-state index is 0.00627. The van der Waals surface area contributed by atoms with Crippen molar-refractivity contribution in [3.8, 4) is 0 Å². The van der Waals surface area contributed by atoms with E-state index in [2.05, 4.69) is 0 Å². The maximum Gasteiger partial charge on any atom is 0.338 e. The van der Waals surface area contributed by atoms with E-state index in [0.717, 1.165) is 23.0 Å². The fourth-order valence-electron chi connectivity index (χ4n) is 3.36. The van der Waals surface area contributed by atoms with Crippen LogP contribution in [0.15, 0.2) is 54.6 Å². The second-order valence-corrected chi connectivity index (χ2v) is 7.12. The molecule has 0 radical (unpaired) electrons. The smallest absolute Gasteiger partial charge is 0.338 e. The van der Waals surface area contributed by atoms with E-state index in [0.29, 0.717) is 18.5 Å². The van der Waals surface area contributed by atoms with E-state index in [1.54, 1.807) is 18.2 Å². The normalized spacial score (nSPS) is 10.7. The van der Waals surface area contributed by atoms with E-state index in [-0.39, 0.29) is 22.9 Å². The quantitative estimate of drug-likeness (QED) is 0.231. The zero-order chi connectivity index (χ0) is 22.5. The number of hydrogen-bond acceptors (Lipinski definition) is 5. The second kappa shape index (κ2) is 9.34. The summed E-state index contributed by atoms with van der Waals surface area (Å²) in [5, 5.41) is 10.8. The first-order valence-electron chi connectivity index (χ1n) is 9.62. The molecule has 0 amide bonds. The molecular formula is C23H21FN2O5. The summed E-state index contributed by atoms with van der Waals surface area (Å²) in [5.74, 6) is -1.45. The van der Waals surface area contributed by atoms with Gasteiger partial charge in [0.2, 0.25) is 5.78 Å². The zero-order valence-corrected chi connectivity index (χ0v) is 17.1. The van der Waals surface area contributed by atoms with Gasteiger partial charge in [-0.25, -0.2) is 9.18 Å². The number of nitro groups is 1. The number of nitro benzene ring substituents is 1. The van der Waals surface area contributed by atoms with Crippen molar-refractivity contribution in [3.63, 3.8) is 0 Å². The number of hydrogen-bond donors (Lipinski definition) is 0. The fraction of sp³-hybridized carbons (Fsp3) is 0.217. The van der Waals surface area contributed by atoms with Gasteiger partial charge in [-0.15, -0.1) is 0 Å². The number of aromatic nitrogens is 1. The predicted octanol–water partition coefficient (Wildman–Crippen LogP) is 4.43. The van der Waals surface area contributed by atoms with Crippen LogP contribution in [0.1, 0.15) is 37.7 Å². The van der Waals surface area contributed by atoms with Gasteiger partial charge < -0.3 is 9.30 Å². The van der Waals surface area contributed by atoms with Gasteiger partial charge in [-0.2, -0.15) is 0 Å². The average Bonchev–Trinajstić information content (AvgIpc) is 3.05. The molecule has 1 heterocycles. The topological polar surface area (TPSA) is 91.4 Å². The van der Waals surface area contributed by atoms with Gasteiger partial charge in [0, 0.05) is 35.6 Å². The molecule has 0 atom stereocenters. The molecule has 0 fully saturated rings. The third-order valence-corrected chi connectivity index (χ3v) is 5.04. The highest BCUT2D eigenvalue weighted by atomic mass is 19.1. The molecule has 3 rings (SSSR count). The number of aryl methyl sites for hydroxylation is 2. The van der Waals surface area contributed by atoms with Gasteiger partial charge in [-0.05, 0) is 50.1 Å². The summed E-state index contributed by atoms with van der Waals surface area (Å²) in [5.41, 5.74) is 2.83. The first kappa shape index (κ1) is 21.9. The molecule has 31 heavy (non-hydrogen) atoms. The van der Waals surface area contributed by atoms with Crippen LogP contribution in [-0.2, 0) is 17.7 Å². The number of rotatable bonds is 8. The number of carbonyl (C=O) groups is 2. The molecular weight excluding hydrogens is 403 g/mol. The molecule has 0 bridgehead atoms. The molecule has 160 valence electrons. The first-order valence-corrected chi connectivity index (χ1v) is 9.62. The van der Waals surface area contributed by atoms with Gasteiger partial charge in [0.25, 0.3) is 5.69 Å². The highest BCUT2D eigenvalue weighted by Gasteiger charge is 2.19. The number of benzene rings is 2. The predicted molar refractivity (Wildman–Crippen MR) is 112 cm³/mol. The molecule has 0 aliphatic heterocycles. The lowest BCUT2D eigenvalue weighted by Gasteiger charge is -2.10. The summed E-state index contributed by atoms with van der Waals surface area (Å²) in [6.45, 7) is 3.84. The van der Waals surface area contributed by atoms with E-state index < -0.39 is 17.5 Å². The van der Waals surface area contributed by atoms with Gasteiger partial charge in [0.15, 0.2) is 6.61 Å². The van der Waals surface area contributed by atoms with Crippen LogP contribution in [0.5, 0.6) is 0 Å². The molecule has 0 aliphatic rings. The van der Waals surface area contributed by atoms with Gasteiger partial charge in [-0.1, -0.05) is 18.2 Å². The highest BCUT2D eigenvalue weighted by Crippen LogP contribution is 2.18. The summed E-state index contributed by atoms with van der Waals surface area (Å²) in [6, 6.07) is 13.2. The van der Waals surface area contributed by atoms with Crippen molar-refractivity contribution in [1.82, 2.24) is 4.57 Å². The van der Waals surface area contributed by atoms with Crippen LogP contribution in [-0.4, -0.2) is 27.8 Å². The first-order chi connectivity index (χ1) is 14.8. The maximum atomic E-state index is 13.1. The Labute approximate surface area is 178 Å². The summed E-state index contributed by atoms with van der Waals surface area (Å²) >= 11 is 0. The van der Waals surface area contributed by atoms with Crippen LogP contribution >= 0.6 is 0 Å². The van der Waals surface area contributed by atoms with Crippen LogP contribution < -0.4 is 0 Å². The maximum absolute atomic E-state index is 13.1. The van der Waals surface area contributed by atoms with E-state index in [4.69, 9.17) is 4.74 Å². The molecule has 0 aliphatic carbocycles. The van der Waals surface area contributed by atoms with E-state index in [1.807, 2.05) is 18.4 Å². The highest BCUT2D eigenvalue weighted by molar-refractivity contribution is 6.00. The van der Waals surface area contributed by atoms with Crippen molar-refractivity contribution < 1.29 is 23.6 Å². The number of Topliss-reactive ketones (excluding diaryl/α,β-unsaturated/α-hetero) is 1. The Kier molecular flexibility index (Phi) is 6.59. The lowest BCUT2D eigenvalue weighted by Crippen LogP contribution is -2.15. The van der Waals surface area contributed by atoms with Gasteiger partial charge >= 0.3 is 5.97 Å². The molecule has 7 nitrogen and oxygen atoms in total. The zero-order valence-electron chi connectivity index (χ0n) is 17.1. The second-order valence-electron chi connectivity index (χ2n) is 7.12. The SMILES string of the molecule is Cc1cc(C(=O)COC(=O)c2cccc([N+](=O)[O-])c2)c(C)n1CCc1ccc(F)cc1. The number of ketones is 1. The summed E-state index contributed by atoms with van der Waals surface area (Å²) < 4.78 is 20.1. The molecule has 0 N–H and O–H groups in total. The Morgan fingerprint density at radius 1 is 1.10 bits per heavy atom. The third-order valence-electron chi connectivity index (χ3n) is 5.04. The Balaban J connectivity index is 1.64. The Morgan fingerprint density at radius 2 is 1.81 bits per heavy atom. The Morgan fingerprint density at radius 3 is 2.48 bits per heavy atom. The van der Waals surface area contributed by atoms with Gasteiger partial charge in [0.1, 0.15) is 5.82 Å². The van der Waals surface area contributed by atoms with E-state index in [9.17, 15) is 24.1 Å². The average molecular weight is 424 g/mol. The van der Waals surface area contributed by atoms with E-state index in [1.165, 1.54) is 30.3 Å². The van der Waals surface area contributed by atoms with Crippen molar-refractivity contribution in [3.05, 3.63) is 98.6 Å². The Bertz CT molecular complexity index is 1140. The van der Waals surface area contributed by atoms with Gasteiger partial charge in [0.05, 0.1) is 10.5 Å². The number of ether oxygens (including phenoxy) is 1. The standard InChI is InChI=1S/C23H21FN2O5/c1-15-12-21(16(2)25(15)11-10-17-6-8-19(24)9-7-17)22(27)14-31-23(28)18-4-3-5-20(13-18)26(29)30/h3-9,12-13H,10-11,14H2,1-2H3. The number of halogens is 1. The van der Waals surface area contributed by atoms with Crippen molar-refractivity contribution in [1.29, 1.82) is 0 Å². The lowest BCUT2D eigenvalue weighted by atomic mass is 10.1. The molecule has 0 saturated carbocycles. The monoisotopic (exact) mass is 424 g/mol. The molecule has 0 unspecified atom stereocenters. The van der Waals surface area contributed by atoms with E-state index >= 15 is 0 Å². The Hall–Kier alpha value is -3.81. The van der Waals surface area contributed by atoms with Crippen LogP contribution in [0, 0.1) is 29.8 Å². The molecule has 1 aromatic heterocycles. The fourth-order valence-corrected chi connectivity index (χ4v) is 3.36. The molecule has 8 heteroatoms. The van der Waals surface area contributed by atoms with Crippen molar-refractivity contribution in [2.75, 3.05) is 6.61 Å². The minimum Gasteiger partial charge on any atom is -0.454 e.